The molecule has 5 nitrogen and oxygen atoms in total. The highest BCUT2D eigenvalue weighted by Gasteiger charge is 2.29. The first-order chi connectivity index (χ1) is 10.1. The summed E-state index contributed by atoms with van der Waals surface area (Å²) in [6, 6.07) is 0. The molecule has 0 unspecified atom stereocenters. The lowest BCUT2D eigenvalue weighted by molar-refractivity contribution is -0.0565. The Bertz CT molecular complexity index is 306. The standard InChI is InChI=1S/C16H33N3O2.HI/c1-4-17-15(18-10-6-5-7-14(2)3)19-13-16(20)8-11-21-12-9-16;/h14,20H,4-13H2,1-3H3,(H2,17,18,19);1H. The second kappa shape index (κ2) is 12.4. The molecule has 0 aromatic carbocycles. The van der Waals surface area contributed by atoms with E-state index in [9.17, 15) is 5.11 Å². The van der Waals surface area contributed by atoms with Gasteiger partial charge in [-0.25, -0.2) is 0 Å². The SMILES string of the molecule is CCNC(=NCC1(O)CCOCC1)NCCCCC(C)C.I. The number of rotatable bonds is 8. The van der Waals surface area contributed by atoms with Gasteiger partial charge in [-0.3, -0.25) is 4.99 Å². The minimum absolute atomic E-state index is 0. The van der Waals surface area contributed by atoms with Crippen LogP contribution in [-0.2, 0) is 4.74 Å². The fourth-order valence-electron chi connectivity index (χ4n) is 2.36. The van der Waals surface area contributed by atoms with Crippen molar-refractivity contribution in [1.82, 2.24) is 10.6 Å². The van der Waals surface area contributed by atoms with Gasteiger partial charge in [-0.05, 0) is 19.3 Å². The van der Waals surface area contributed by atoms with Crippen molar-refractivity contribution in [3.63, 3.8) is 0 Å². The van der Waals surface area contributed by atoms with Gasteiger partial charge in [0.15, 0.2) is 5.96 Å². The van der Waals surface area contributed by atoms with Crippen molar-refractivity contribution >= 4 is 29.9 Å². The Morgan fingerprint density at radius 3 is 2.50 bits per heavy atom. The smallest absolute Gasteiger partial charge is 0.191 e. The molecule has 0 aliphatic carbocycles. The lowest BCUT2D eigenvalue weighted by Gasteiger charge is -2.30. The molecule has 1 aliphatic rings. The van der Waals surface area contributed by atoms with Crippen LogP contribution >= 0.6 is 24.0 Å². The van der Waals surface area contributed by atoms with Crippen molar-refractivity contribution in [2.75, 3.05) is 32.8 Å². The number of ether oxygens (including phenoxy) is 1. The molecule has 1 rings (SSSR count). The summed E-state index contributed by atoms with van der Waals surface area (Å²) < 4.78 is 5.29. The summed E-state index contributed by atoms with van der Waals surface area (Å²) in [4.78, 5) is 4.53. The van der Waals surface area contributed by atoms with Crippen molar-refractivity contribution in [2.45, 2.75) is 58.5 Å². The predicted molar refractivity (Wildman–Crippen MR) is 103 cm³/mol. The van der Waals surface area contributed by atoms with Gasteiger partial charge in [-0.2, -0.15) is 0 Å². The summed E-state index contributed by atoms with van der Waals surface area (Å²) in [5.74, 6) is 1.58. The van der Waals surface area contributed by atoms with E-state index in [1.165, 1.54) is 12.8 Å². The van der Waals surface area contributed by atoms with Gasteiger partial charge < -0.3 is 20.5 Å². The molecular weight excluding hydrogens is 393 g/mol. The zero-order valence-corrected chi connectivity index (χ0v) is 16.7. The van der Waals surface area contributed by atoms with Gasteiger partial charge in [0.1, 0.15) is 0 Å². The summed E-state index contributed by atoms with van der Waals surface area (Å²) in [7, 11) is 0. The summed E-state index contributed by atoms with van der Waals surface area (Å²) in [5, 5.41) is 17.0. The Morgan fingerprint density at radius 1 is 1.23 bits per heavy atom. The maximum absolute atomic E-state index is 10.4. The third-order valence-corrected chi connectivity index (χ3v) is 3.80. The summed E-state index contributed by atoms with van der Waals surface area (Å²) in [5.41, 5.74) is -0.696. The molecule has 0 aromatic rings. The third kappa shape index (κ3) is 9.84. The van der Waals surface area contributed by atoms with E-state index in [1.54, 1.807) is 0 Å². The summed E-state index contributed by atoms with van der Waals surface area (Å²) in [6.45, 7) is 10.0. The highest BCUT2D eigenvalue weighted by molar-refractivity contribution is 14.0. The van der Waals surface area contributed by atoms with Crippen molar-refractivity contribution in [1.29, 1.82) is 0 Å². The van der Waals surface area contributed by atoms with E-state index in [2.05, 4.69) is 36.4 Å². The molecule has 1 fully saturated rings. The minimum atomic E-state index is -0.696. The number of aliphatic imine (C=N–C) groups is 1. The van der Waals surface area contributed by atoms with Crippen molar-refractivity contribution in [2.24, 2.45) is 10.9 Å². The Kier molecular flexibility index (Phi) is 12.3. The van der Waals surface area contributed by atoms with Crippen LogP contribution in [0.1, 0.15) is 52.9 Å². The van der Waals surface area contributed by atoms with Crippen LogP contribution < -0.4 is 10.6 Å². The van der Waals surface area contributed by atoms with Gasteiger partial charge in [0.2, 0.25) is 0 Å². The van der Waals surface area contributed by atoms with Crippen LogP contribution in [0.2, 0.25) is 0 Å². The number of nitrogens with zero attached hydrogens (tertiary/aromatic N) is 1. The molecule has 1 saturated heterocycles. The van der Waals surface area contributed by atoms with Crippen molar-refractivity contribution in [3.05, 3.63) is 0 Å². The first-order valence-corrected chi connectivity index (χ1v) is 8.38. The molecule has 0 atom stereocenters. The monoisotopic (exact) mass is 427 g/mol. The highest BCUT2D eigenvalue weighted by Crippen LogP contribution is 2.20. The zero-order valence-electron chi connectivity index (χ0n) is 14.4. The molecule has 0 aromatic heterocycles. The Morgan fingerprint density at radius 2 is 1.91 bits per heavy atom. The van der Waals surface area contributed by atoms with E-state index in [4.69, 9.17) is 4.74 Å². The van der Waals surface area contributed by atoms with Crippen LogP contribution in [0.15, 0.2) is 4.99 Å². The number of guanidine groups is 1. The molecule has 132 valence electrons. The van der Waals surface area contributed by atoms with E-state index < -0.39 is 5.60 Å². The number of halogens is 1. The van der Waals surface area contributed by atoms with E-state index in [0.29, 0.717) is 32.6 Å². The van der Waals surface area contributed by atoms with Gasteiger partial charge in [0.05, 0.1) is 12.1 Å². The van der Waals surface area contributed by atoms with Crippen molar-refractivity contribution in [3.8, 4) is 0 Å². The Balaban J connectivity index is 0.00000441. The quantitative estimate of drug-likeness (QED) is 0.241. The zero-order chi connectivity index (χ0) is 15.6. The average molecular weight is 427 g/mol. The first-order valence-electron chi connectivity index (χ1n) is 8.38. The fourth-order valence-corrected chi connectivity index (χ4v) is 2.36. The van der Waals surface area contributed by atoms with Crippen molar-refractivity contribution < 1.29 is 9.84 Å². The van der Waals surface area contributed by atoms with E-state index in [0.717, 1.165) is 31.4 Å². The minimum Gasteiger partial charge on any atom is -0.388 e. The van der Waals surface area contributed by atoms with Gasteiger partial charge in [-0.15, -0.1) is 24.0 Å². The second-order valence-corrected chi connectivity index (χ2v) is 6.35. The Labute approximate surface area is 152 Å². The molecule has 0 spiro atoms. The number of hydrogen-bond acceptors (Lipinski definition) is 3. The molecular formula is C16H34IN3O2. The lowest BCUT2D eigenvalue weighted by atomic mass is 9.95. The number of unbranched alkanes of at least 4 members (excludes halogenated alkanes) is 1. The lowest BCUT2D eigenvalue weighted by Crippen LogP contribution is -2.42. The van der Waals surface area contributed by atoms with Crippen LogP contribution in [0.25, 0.3) is 0 Å². The predicted octanol–water partition coefficient (Wildman–Crippen LogP) is 2.53. The normalized spacial score (nSPS) is 18.0. The maximum atomic E-state index is 10.4. The topological polar surface area (TPSA) is 65.9 Å². The molecule has 0 bridgehead atoms. The molecule has 22 heavy (non-hydrogen) atoms. The van der Waals surface area contributed by atoms with Gasteiger partial charge in [0, 0.05) is 39.1 Å². The third-order valence-electron chi connectivity index (χ3n) is 3.80. The molecule has 1 heterocycles. The first kappa shape index (κ1) is 21.9. The number of nitrogens with one attached hydrogen (secondary N) is 2. The molecule has 0 saturated carbocycles. The largest absolute Gasteiger partial charge is 0.388 e. The van der Waals surface area contributed by atoms with E-state index in [1.807, 2.05) is 0 Å². The second-order valence-electron chi connectivity index (χ2n) is 6.35. The van der Waals surface area contributed by atoms with E-state index in [-0.39, 0.29) is 24.0 Å². The van der Waals surface area contributed by atoms with Crippen LogP contribution in [-0.4, -0.2) is 49.5 Å². The van der Waals surface area contributed by atoms with Crippen LogP contribution in [0, 0.1) is 5.92 Å². The van der Waals surface area contributed by atoms with Gasteiger partial charge >= 0.3 is 0 Å². The van der Waals surface area contributed by atoms with Crippen LogP contribution in [0.4, 0.5) is 0 Å². The van der Waals surface area contributed by atoms with E-state index >= 15 is 0 Å². The summed E-state index contributed by atoms with van der Waals surface area (Å²) in [6.07, 6.45) is 5.01. The number of aliphatic hydroxyl groups is 1. The van der Waals surface area contributed by atoms with Crippen LogP contribution in [0.3, 0.4) is 0 Å². The molecule has 0 amide bonds. The molecule has 3 N–H and O–H groups in total. The van der Waals surface area contributed by atoms with Crippen LogP contribution in [0.5, 0.6) is 0 Å². The molecule has 6 heteroatoms. The Hall–Kier alpha value is -0.0800. The van der Waals surface area contributed by atoms with Gasteiger partial charge in [-0.1, -0.05) is 26.7 Å². The summed E-state index contributed by atoms with van der Waals surface area (Å²) >= 11 is 0. The number of hydrogen-bond donors (Lipinski definition) is 3. The highest BCUT2D eigenvalue weighted by atomic mass is 127. The van der Waals surface area contributed by atoms with Gasteiger partial charge in [0.25, 0.3) is 0 Å². The molecule has 1 aliphatic heterocycles. The fraction of sp³-hybridized carbons (Fsp3) is 0.938. The maximum Gasteiger partial charge on any atom is 0.191 e. The molecule has 0 radical (unpaired) electrons. The average Bonchev–Trinajstić information content (AvgIpc) is 2.45.